The lowest BCUT2D eigenvalue weighted by Crippen LogP contribution is -2.48. The third kappa shape index (κ3) is 5.72. The summed E-state index contributed by atoms with van der Waals surface area (Å²) in [6.07, 6.45) is -0.119. The van der Waals surface area contributed by atoms with Crippen LogP contribution >= 0.6 is 12.4 Å². The van der Waals surface area contributed by atoms with E-state index in [9.17, 15) is 4.79 Å². The number of ether oxygens (including phenoxy) is 2. The molecule has 2 atom stereocenters. The van der Waals surface area contributed by atoms with E-state index in [1.54, 1.807) is 0 Å². The number of halogens is 1. The second-order valence-corrected chi connectivity index (χ2v) is 7.65. The van der Waals surface area contributed by atoms with Gasteiger partial charge < -0.3 is 20.1 Å². The summed E-state index contributed by atoms with van der Waals surface area (Å²) in [5.41, 5.74) is 8.27. The van der Waals surface area contributed by atoms with Gasteiger partial charge in [0.25, 0.3) is 5.91 Å². The molecule has 2 aromatic rings. The summed E-state index contributed by atoms with van der Waals surface area (Å²) in [6, 6.07) is 15.7. The van der Waals surface area contributed by atoms with Crippen LogP contribution in [0, 0.1) is 12.8 Å². The maximum Gasteiger partial charge on any atom is 0.254 e. The SMILES string of the molecule is Cc1ccc(C(=O)N2C[C@@H](c3ccccc3)O[C@@H](C(C)C)C2)cc1OCCN.Cl. The van der Waals surface area contributed by atoms with E-state index in [0.29, 0.717) is 43.5 Å². The lowest BCUT2D eigenvalue weighted by molar-refractivity contribution is -0.0954. The Morgan fingerprint density at radius 2 is 1.93 bits per heavy atom. The summed E-state index contributed by atoms with van der Waals surface area (Å²) in [5, 5.41) is 0. The lowest BCUT2D eigenvalue weighted by Gasteiger charge is -2.40. The van der Waals surface area contributed by atoms with Gasteiger partial charge in [-0.2, -0.15) is 0 Å². The van der Waals surface area contributed by atoms with Crippen LogP contribution in [0.5, 0.6) is 5.75 Å². The van der Waals surface area contributed by atoms with Gasteiger partial charge in [0.1, 0.15) is 18.5 Å². The number of amides is 1. The van der Waals surface area contributed by atoms with E-state index < -0.39 is 0 Å². The van der Waals surface area contributed by atoms with Gasteiger partial charge in [-0.3, -0.25) is 4.79 Å². The summed E-state index contributed by atoms with van der Waals surface area (Å²) >= 11 is 0. The van der Waals surface area contributed by atoms with E-state index in [2.05, 4.69) is 26.0 Å². The van der Waals surface area contributed by atoms with E-state index in [4.69, 9.17) is 15.2 Å². The Morgan fingerprint density at radius 3 is 2.59 bits per heavy atom. The number of carbonyl (C=O) groups is 1. The van der Waals surface area contributed by atoms with Gasteiger partial charge in [0, 0.05) is 18.7 Å². The average Bonchev–Trinajstić information content (AvgIpc) is 2.73. The molecule has 2 aromatic carbocycles. The first kappa shape index (κ1) is 23.2. The molecule has 3 rings (SSSR count). The lowest BCUT2D eigenvalue weighted by atomic mass is 10.00. The maximum atomic E-state index is 13.3. The zero-order valence-electron chi connectivity index (χ0n) is 17.3. The largest absolute Gasteiger partial charge is 0.492 e. The van der Waals surface area contributed by atoms with E-state index in [1.807, 2.05) is 48.2 Å². The summed E-state index contributed by atoms with van der Waals surface area (Å²) < 4.78 is 12.0. The molecule has 1 aliphatic heterocycles. The molecule has 5 nitrogen and oxygen atoms in total. The van der Waals surface area contributed by atoms with Gasteiger partial charge in [0.05, 0.1) is 12.6 Å². The molecule has 1 amide bonds. The standard InChI is InChI=1S/C23H30N2O3.ClH/c1-16(2)21-14-25(15-22(28-21)18-7-5-4-6-8-18)23(26)19-10-9-17(3)20(13-19)27-12-11-24;/h4-10,13,16,21-22H,11-12,14-15,24H2,1-3H3;1H/t21-,22+;/m1./s1. The minimum absolute atomic E-state index is 0. The van der Waals surface area contributed by atoms with Crippen LogP contribution in [0.1, 0.15) is 41.4 Å². The van der Waals surface area contributed by atoms with Crippen LogP contribution < -0.4 is 10.5 Å². The summed E-state index contributed by atoms with van der Waals surface area (Å²) in [4.78, 5) is 15.2. The molecule has 1 aliphatic rings. The van der Waals surface area contributed by atoms with Crippen LogP contribution in [0.2, 0.25) is 0 Å². The molecule has 1 heterocycles. The van der Waals surface area contributed by atoms with Crippen molar-refractivity contribution >= 4 is 18.3 Å². The first-order valence-electron chi connectivity index (χ1n) is 9.92. The topological polar surface area (TPSA) is 64.8 Å². The molecule has 158 valence electrons. The number of hydrogen-bond acceptors (Lipinski definition) is 4. The van der Waals surface area contributed by atoms with Crippen molar-refractivity contribution in [1.82, 2.24) is 4.90 Å². The van der Waals surface area contributed by atoms with E-state index in [-0.39, 0.29) is 30.5 Å². The number of morpholine rings is 1. The van der Waals surface area contributed by atoms with Gasteiger partial charge >= 0.3 is 0 Å². The molecule has 0 aromatic heterocycles. The smallest absolute Gasteiger partial charge is 0.254 e. The second-order valence-electron chi connectivity index (χ2n) is 7.65. The molecule has 0 spiro atoms. The first-order chi connectivity index (χ1) is 13.5. The zero-order valence-corrected chi connectivity index (χ0v) is 18.2. The number of aryl methyl sites for hydroxylation is 1. The van der Waals surface area contributed by atoms with Crippen molar-refractivity contribution < 1.29 is 14.3 Å². The first-order valence-corrected chi connectivity index (χ1v) is 9.92. The molecule has 0 unspecified atom stereocenters. The fraction of sp³-hybridized carbons (Fsp3) is 0.435. The summed E-state index contributed by atoms with van der Waals surface area (Å²) in [5.74, 6) is 1.04. The molecule has 0 saturated carbocycles. The fourth-order valence-corrected chi connectivity index (χ4v) is 3.41. The van der Waals surface area contributed by atoms with Gasteiger partial charge in [0.15, 0.2) is 0 Å². The molecule has 29 heavy (non-hydrogen) atoms. The normalized spacial score (nSPS) is 19.0. The van der Waals surface area contributed by atoms with Crippen molar-refractivity contribution in [2.75, 3.05) is 26.2 Å². The molecule has 1 fully saturated rings. The molecular weight excluding hydrogens is 388 g/mol. The predicted molar refractivity (Wildman–Crippen MR) is 118 cm³/mol. The van der Waals surface area contributed by atoms with Crippen LogP contribution in [0.3, 0.4) is 0 Å². The number of rotatable bonds is 6. The maximum absolute atomic E-state index is 13.3. The quantitative estimate of drug-likeness (QED) is 0.770. The number of nitrogens with zero attached hydrogens (tertiary/aromatic N) is 1. The molecule has 6 heteroatoms. The number of benzene rings is 2. The third-order valence-electron chi connectivity index (χ3n) is 5.14. The Balaban J connectivity index is 0.00000300. The highest BCUT2D eigenvalue weighted by Crippen LogP contribution is 2.29. The fourth-order valence-electron chi connectivity index (χ4n) is 3.41. The minimum Gasteiger partial charge on any atom is -0.492 e. The van der Waals surface area contributed by atoms with E-state index in [0.717, 1.165) is 11.1 Å². The van der Waals surface area contributed by atoms with Crippen molar-refractivity contribution in [3.05, 3.63) is 65.2 Å². The number of nitrogens with two attached hydrogens (primary N) is 1. The van der Waals surface area contributed by atoms with Gasteiger partial charge in [-0.25, -0.2) is 0 Å². The molecule has 0 bridgehead atoms. The van der Waals surface area contributed by atoms with E-state index >= 15 is 0 Å². The highest BCUT2D eigenvalue weighted by molar-refractivity contribution is 5.95. The Kier molecular flexibility index (Phi) is 8.50. The molecule has 2 N–H and O–H groups in total. The Bertz CT molecular complexity index is 798. The van der Waals surface area contributed by atoms with Crippen molar-refractivity contribution in [3.63, 3.8) is 0 Å². The average molecular weight is 419 g/mol. The highest BCUT2D eigenvalue weighted by Gasteiger charge is 2.33. The van der Waals surface area contributed by atoms with Crippen LogP contribution in [-0.4, -0.2) is 43.2 Å². The van der Waals surface area contributed by atoms with E-state index in [1.165, 1.54) is 0 Å². The van der Waals surface area contributed by atoms with Crippen molar-refractivity contribution in [2.24, 2.45) is 11.7 Å². The van der Waals surface area contributed by atoms with Crippen molar-refractivity contribution in [2.45, 2.75) is 33.0 Å². The molecule has 1 saturated heterocycles. The van der Waals surface area contributed by atoms with Gasteiger partial charge in [0.2, 0.25) is 0 Å². The van der Waals surface area contributed by atoms with Crippen molar-refractivity contribution in [1.29, 1.82) is 0 Å². The number of hydrogen-bond donors (Lipinski definition) is 1. The van der Waals surface area contributed by atoms with Crippen molar-refractivity contribution in [3.8, 4) is 5.75 Å². The van der Waals surface area contributed by atoms with Gasteiger partial charge in [-0.1, -0.05) is 50.2 Å². The summed E-state index contributed by atoms with van der Waals surface area (Å²) in [7, 11) is 0. The van der Waals surface area contributed by atoms with Crippen LogP contribution in [0.4, 0.5) is 0 Å². The second kappa shape index (κ2) is 10.6. The third-order valence-corrected chi connectivity index (χ3v) is 5.14. The highest BCUT2D eigenvalue weighted by atomic mass is 35.5. The molecule has 0 aliphatic carbocycles. The monoisotopic (exact) mass is 418 g/mol. The number of carbonyl (C=O) groups excluding carboxylic acids is 1. The van der Waals surface area contributed by atoms with Gasteiger partial charge in [-0.05, 0) is 36.1 Å². The predicted octanol–water partition coefficient (Wildman–Crippen LogP) is 3.99. The summed E-state index contributed by atoms with van der Waals surface area (Å²) in [6.45, 7) is 8.23. The Hall–Kier alpha value is -2.08. The van der Waals surface area contributed by atoms with Crippen LogP contribution in [0.15, 0.2) is 48.5 Å². The Labute approximate surface area is 179 Å². The molecular formula is C23H31ClN2O3. The minimum atomic E-state index is -0.121. The van der Waals surface area contributed by atoms with Crippen LogP contribution in [0.25, 0.3) is 0 Å². The zero-order chi connectivity index (χ0) is 20.1. The van der Waals surface area contributed by atoms with Crippen LogP contribution in [-0.2, 0) is 4.74 Å². The molecule has 0 radical (unpaired) electrons. The Morgan fingerprint density at radius 1 is 1.21 bits per heavy atom. The van der Waals surface area contributed by atoms with Gasteiger partial charge in [-0.15, -0.1) is 12.4 Å².